The smallest absolute Gasteiger partial charge is 0.251 e. The summed E-state index contributed by atoms with van der Waals surface area (Å²) in [7, 11) is 0. The standard InChI is InChI=1S/C20H25FN2O2/c1-19(2)9-15-10-20(3,11-19)12-22(15)16-8-17(24)23(18(16)25)14-6-4-13(21)5-7-14/h4-7,15-16H,8-12H2,1-3H3. The molecule has 0 N–H and O–H groups in total. The van der Waals surface area contributed by atoms with E-state index in [4.69, 9.17) is 0 Å². The number of rotatable bonds is 2. The monoisotopic (exact) mass is 344 g/mol. The van der Waals surface area contributed by atoms with Gasteiger partial charge in [0.1, 0.15) is 5.82 Å². The van der Waals surface area contributed by atoms with Crippen molar-refractivity contribution in [3.8, 4) is 0 Å². The Bertz CT molecular complexity index is 730. The summed E-state index contributed by atoms with van der Waals surface area (Å²) >= 11 is 0. The topological polar surface area (TPSA) is 40.6 Å². The number of likely N-dealkylation sites (tertiary alicyclic amines) is 1. The van der Waals surface area contributed by atoms with Crippen molar-refractivity contribution < 1.29 is 14.0 Å². The maximum absolute atomic E-state index is 13.2. The number of imide groups is 1. The number of fused-ring (bicyclic) bond motifs is 2. The molecule has 3 unspecified atom stereocenters. The van der Waals surface area contributed by atoms with E-state index in [1.54, 1.807) is 0 Å². The van der Waals surface area contributed by atoms with Crippen LogP contribution in [0.5, 0.6) is 0 Å². The van der Waals surface area contributed by atoms with Gasteiger partial charge < -0.3 is 0 Å². The number of hydrogen-bond donors (Lipinski definition) is 0. The molecule has 2 bridgehead atoms. The summed E-state index contributed by atoms with van der Waals surface area (Å²) in [4.78, 5) is 29.0. The van der Waals surface area contributed by atoms with Crippen LogP contribution in [0.3, 0.4) is 0 Å². The molecule has 1 saturated carbocycles. The zero-order valence-corrected chi connectivity index (χ0v) is 15.1. The second kappa shape index (κ2) is 5.37. The van der Waals surface area contributed by atoms with Crippen LogP contribution in [0.4, 0.5) is 10.1 Å². The predicted octanol–water partition coefficient (Wildman–Crippen LogP) is 3.36. The molecular weight excluding hydrogens is 319 g/mol. The average Bonchev–Trinajstić information content (AvgIpc) is 2.92. The van der Waals surface area contributed by atoms with E-state index in [-0.39, 0.29) is 40.9 Å². The van der Waals surface area contributed by atoms with Crippen LogP contribution >= 0.6 is 0 Å². The molecule has 3 fully saturated rings. The molecule has 0 aromatic heterocycles. The Morgan fingerprint density at radius 3 is 2.44 bits per heavy atom. The van der Waals surface area contributed by atoms with Gasteiger partial charge >= 0.3 is 0 Å². The SMILES string of the molecule is CC1(C)CC2CC(C)(CN2C2CC(=O)N(c3ccc(F)cc3)C2=O)C1. The number of hydrogen-bond acceptors (Lipinski definition) is 3. The minimum Gasteiger partial charge on any atom is -0.288 e. The zero-order chi connectivity index (χ0) is 18.0. The van der Waals surface area contributed by atoms with Crippen LogP contribution in [-0.2, 0) is 9.59 Å². The quantitative estimate of drug-likeness (QED) is 0.773. The van der Waals surface area contributed by atoms with E-state index >= 15 is 0 Å². The third kappa shape index (κ3) is 2.78. The molecule has 2 aliphatic heterocycles. The summed E-state index contributed by atoms with van der Waals surface area (Å²) in [6, 6.07) is 5.56. The molecule has 2 amide bonds. The minimum absolute atomic E-state index is 0.162. The van der Waals surface area contributed by atoms with E-state index in [1.807, 2.05) is 0 Å². The van der Waals surface area contributed by atoms with Crippen LogP contribution in [0, 0.1) is 16.6 Å². The van der Waals surface area contributed by atoms with Crippen LogP contribution in [0.2, 0.25) is 0 Å². The molecule has 3 atom stereocenters. The summed E-state index contributed by atoms with van der Waals surface area (Å²) in [5, 5.41) is 0. The van der Waals surface area contributed by atoms with Gasteiger partial charge in [0.05, 0.1) is 18.2 Å². The lowest BCUT2D eigenvalue weighted by Crippen LogP contribution is -2.45. The van der Waals surface area contributed by atoms with E-state index in [9.17, 15) is 14.0 Å². The van der Waals surface area contributed by atoms with Gasteiger partial charge in [0.25, 0.3) is 5.91 Å². The minimum atomic E-state index is -0.377. The Kier molecular flexibility index (Phi) is 3.59. The van der Waals surface area contributed by atoms with Gasteiger partial charge in [-0.3, -0.25) is 14.5 Å². The number of amides is 2. The van der Waals surface area contributed by atoms with Gasteiger partial charge in [-0.25, -0.2) is 9.29 Å². The van der Waals surface area contributed by atoms with E-state index in [0.717, 1.165) is 25.8 Å². The van der Waals surface area contributed by atoms with Crippen molar-refractivity contribution in [2.24, 2.45) is 10.8 Å². The number of nitrogens with zero attached hydrogens (tertiary/aromatic N) is 2. The fraction of sp³-hybridized carbons (Fsp3) is 0.600. The molecule has 2 saturated heterocycles. The Hall–Kier alpha value is -1.75. The second-order valence-electron chi connectivity index (χ2n) is 9.15. The van der Waals surface area contributed by atoms with Crippen molar-refractivity contribution in [3.05, 3.63) is 30.1 Å². The number of carbonyl (C=O) groups excluding carboxylic acids is 2. The Morgan fingerprint density at radius 2 is 1.76 bits per heavy atom. The summed E-state index contributed by atoms with van der Waals surface area (Å²) < 4.78 is 13.2. The van der Waals surface area contributed by atoms with E-state index in [0.29, 0.717) is 11.7 Å². The molecule has 25 heavy (non-hydrogen) atoms. The van der Waals surface area contributed by atoms with Crippen molar-refractivity contribution in [1.82, 2.24) is 4.90 Å². The second-order valence-corrected chi connectivity index (χ2v) is 9.15. The highest BCUT2D eigenvalue weighted by molar-refractivity contribution is 6.22. The summed E-state index contributed by atoms with van der Waals surface area (Å²) in [6.07, 6.45) is 3.55. The molecule has 1 aromatic rings. The van der Waals surface area contributed by atoms with E-state index < -0.39 is 0 Å². The maximum atomic E-state index is 13.2. The van der Waals surface area contributed by atoms with Gasteiger partial charge in [0.15, 0.2) is 0 Å². The summed E-state index contributed by atoms with van der Waals surface area (Å²) in [5.74, 6) is -0.721. The first-order valence-electron chi connectivity index (χ1n) is 9.06. The van der Waals surface area contributed by atoms with Gasteiger partial charge in [-0.2, -0.15) is 0 Å². The van der Waals surface area contributed by atoms with Gasteiger partial charge in [0.2, 0.25) is 5.91 Å². The molecule has 2 heterocycles. The molecule has 5 heteroatoms. The van der Waals surface area contributed by atoms with Gasteiger partial charge in [0, 0.05) is 12.6 Å². The van der Waals surface area contributed by atoms with Crippen molar-refractivity contribution in [3.63, 3.8) is 0 Å². The lowest BCUT2D eigenvalue weighted by Gasteiger charge is -2.40. The molecule has 0 spiro atoms. The van der Waals surface area contributed by atoms with Crippen LogP contribution in [0.15, 0.2) is 24.3 Å². The van der Waals surface area contributed by atoms with Gasteiger partial charge in [-0.05, 0) is 54.4 Å². The third-order valence-corrected chi connectivity index (χ3v) is 6.06. The third-order valence-electron chi connectivity index (χ3n) is 6.06. The molecule has 1 aromatic carbocycles. The number of anilines is 1. The van der Waals surface area contributed by atoms with Crippen LogP contribution in [0.25, 0.3) is 0 Å². The Labute approximate surface area is 148 Å². The lowest BCUT2D eigenvalue weighted by molar-refractivity contribution is -0.123. The predicted molar refractivity (Wildman–Crippen MR) is 93.5 cm³/mol. The number of carbonyl (C=O) groups is 2. The molecule has 4 nitrogen and oxygen atoms in total. The van der Waals surface area contributed by atoms with Crippen LogP contribution in [0.1, 0.15) is 46.5 Å². The van der Waals surface area contributed by atoms with Gasteiger partial charge in [-0.1, -0.05) is 20.8 Å². The largest absolute Gasteiger partial charge is 0.288 e. The fourth-order valence-corrected chi connectivity index (χ4v) is 5.60. The summed E-state index contributed by atoms with van der Waals surface area (Å²) in [6.45, 7) is 7.78. The molecular formula is C20H25FN2O2. The molecule has 0 radical (unpaired) electrons. The van der Waals surface area contributed by atoms with Crippen molar-refractivity contribution in [2.45, 2.75) is 58.5 Å². The van der Waals surface area contributed by atoms with Crippen LogP contribution in [-0.4, -0.2) is 35.3 Å². The first-order valence-corrected chi connectivity index (χ1v) is 9.06. The first kappa shape index (κ1) is 16.7. The Morgan fingerprint density at radius 1 is 1.08 bits per heavy atom. The number of benzene rings is 1. The Balaban J connectivity index is 1.59. The van der Waals surface area contributed by atoms with E-state index in [2.05, 4.69) is 25.7 Å². The normalized spacial score (nSPS) is 34.8. The zero-order valence-electron chi connectivity index (χ0n) is 15.1. The molecule has 134 valence electrons. The van der Waals surface area contributed by atoms with E-state index in [1.165, 1.54) is 29.2 Å². The fourth-order valence-electron chi connectivity index (χ4n) is 5.60. The highest BCUT2D eigenvalue weighted by Gasteiger charge is 2.54. The molecule has 4 rings (SSSR count). The average molecular weight is 344 g/mol. The highest BCUT2D eigenvalue weighted by atomic mass is 19.1. The van der Waals surface area contributed by atoms with Gasteiger partial charge in [-0.15, -0.1) is 0 Å². The maximum Gasteiger partial charge on any atom is 0.251 e. The van der Waals surface area contributed by atoms with Crippen molar-refractivity contribution >= 4 is 17.5 Å². The summed E-state index contributed by atoms with van der Waals surface area (Å²) in [5.41, 5.74) is 0.959. The first-order chi connectivity index (χ1) is 11.7. The lowest BCUT2D eigenvalue weighted by atomic mass is 9.65. The number of halogens is 1. The van der Waals surface area contributed by atoms with Crippen molar-refractivity contribution in [2.75, 3.05) is 11.4 Å². The van der Waals surface area contributed by atoms with Crippen molar-refractivity contribution in [1.29, 1.82) is 0 Å². The highest BCUT2D eigenvalue weighted by Crippen LogP contribution is 2.53. The molecule has 1 aliphatic carbocycles. The van der Waals surface area contributed by atoms with Crippen LogP contribution < -0.4 is 4.90 Å². The molecule has 3 aliphatic rings.